The van der Waals surface area contributed by atoms with Crippen molar-refractivity contribution in [3.63, 3.8) is 0 Å². The molecule has 0 saturated carbocycles. The van der Waals surface area contributed by atoms with Crippen molar-refractivity contribution in [2.24, 2.45) is 5.73 Å². The highest BCUT2D eigenvalue weighted by Gasteiger charge is 2.34. The maximum Gasteiger partial charge on any atom is 0.218 e. The number of ether oxygens (including phenoxy) is 1. The predicted octanol–water partition coefficient (Wildman–Crippen LogP) is 1.26. The lowest BCUT2D eigenvalue weighted by Crippen LogP contribution is -2.41. The quantitative estimate of drug-likeness (QED) is 0.824. The second-order valence-electron chi connectivity index (χ2n) is 5.23. The molecule has 2 atom stereocenters. The molecule has 1 heterocycles. The van der Waals surface area contributed by atoms with Crippen LogP contribution in [0.3, 0.4) is 0 Å². The van der Waals surface area contributed by atoms with Gasteiger partial charge in [-0.25, -0.2) is 8.42 Å². The standard InChI is InChI=1S/C14H20N2O3S2/c1-10-13(7-8-19-10)16(2)21(17,18)9-11-5-3-4-6-12(11)14(15)20/h3-6,10,13H,7-9H2,1-2H3,(H2,15,20). The SMILES string of the molecule is CC1OCCC1N(C)S(=O)(=O)Cc1ccccc1C(N)=S. The summed E-state index contributed by atoms with van der Waals surface area (Å²) in [6, 6.07) is 6.95. The largest absolute Gasteiger partial charge is 0.389 e. The van der Waals surface area contributed by atoms with Crippen LogP contribution in [-0.4, -0.2) is 43.5 Å². The van der Waals surface area contributed by atoms with E-state index >= 15 is 0 Å². The maximum atomic E-state index is 12.6. The molecule has 1 aliphatic heterocycles. The predicted molar refractivity (Wildman–Crippen MR) is 86.5 cm³/mol. The summed E-state index contributed by atoms with van der Waals surface area (Å²) in [5.41, 5.74) is 6.90. The van der Waals surface area contributed by atoms with Gasteiger partial charge in [0, 0.05) is 19.2 Å². The van der Waals surface area contributed by atoms with Crippen molar-refractivity contribution < 1.29 is 13.2 Å². The van der Waals surface area contributed by atoms with Gasteiger partial charge in [0.25, 0.3) is 0 Å². The maximum absolute atomic E-state index is 12.6. The van der Waals surface area contributed by atoms with Crippen LogP contribution in [0.4, 0.5) is 0 Å². The number of sulfonamides is 1. The van der Waals surface area contributed by atoms with Crippen molar-refractivity contribution in [2.45, 2.75) is 31.2 Å². The molecular formula is C14H20N2O3S2. The number of nitrogens with two attached hydrogens (primary N) is 1. The summed E-state index contributed by atoms with van der Waals surface area (Å²) in [7, 11) is -1.84. The molecule has 0 amide bonds. The lowest BCUT2D eigenvalue weighted by Gasteiger charge is -2.26. The van der Waals surface area contributed by atoms with Gasteiger partial charge in [-0.15, -0.1) is 0 Å². The van der Waals surface area contributed by atoms with E-state index in [2.05, 4.69) is 0 Å². The van der Waals surface area contributed by atoms with E-state index in [0.717, 1.165) is 0 Å². The van der Waals surface area contributed by atoms with Crippen LogP contribution in [0.25, 0.3) is 0 Å². The Hall–Kier alpha value is -1.02. The van der Waals surface area contributed by atoms with Crippen LogP contribution in [0.5, 0.6) is 0 Å². The molecular weight excluding hydrogens is 308 g/mol. The van der Waals surface area contributed by atoms with Gasteiger partial charge < -0.3 is 10.5 Å². The van der Waals surface area contributed by atoms with E-state index in [9.17, 15) is 8.42 Å². The van der Waals surface area contributed by atoms with Crippen LogP contribution in [0.15, 0.2) is 24.3 Å². The lowest BCUT2D eigenvalue weighted by molar-refractivity contribution is 0.102. The summed E-state index contributed by atoms with van der Waals surface area (Å²) in [5.74, 6) is -0.111. The normalized spacial score (nSPS) is 22.6. The van der Waals surface area contributed by atoms with Gasteiger partial charge in [0.15, 0.2) is 0 Å². The Labute approximate surface area is 131 Å². The van der Waals surface area contributed by atoms with Crippen LogP contribution >= 0.6 is 12.2 Å². The van der Waals surface area contributed by atoms with Crippen molar-refractivity contribution in [3.05, 3.63) is 35.4 Å². The summed E-state index contributed by atoms with van der Waals surface area (Å²) < 4.78 is 32.1. The zero-order valence-corrected chi connectivity index (χ0v) is 13.8. The highest BCUT2D eigenvalue weighted by atomic mass is 32.2. The Balaban J connectivity index is 2.23. The van der Waals surface area contributed by atoms with Crippen molar-refractivity contribution in [1.82, 2.24) is 4.31 Å². The van der Waals surface area contributed by atoms with Crippen LogP contribution < -0.4 is 5.73 Å². The average molecular weight is 328 g/mol. The van der Waals surface area contributed by atoms with Gasteiger partial charge in [0.1, 0.15) is 4.99 Å². The van der Waals surface area contributed by atoms with Crippen molar-refractivity contribution in [3.8, 4) is 0 Å². The molecule has 1 aromatic carbocycles. The first-order valence-electron chi connectivity index (χ1n) is 6.78. The number of hydrogen-bond donors (Lipinski definition) is 1. The summed E-state index contributed by atoms with van der Waals surface area (Å²) in [6.07, 6.45) is 0.629. The summed E-state index contributed by atoms with van der Waals surface area (Å²) in [6.45, 7) is 2.49. The van der Waals surface area contributed by atoms with Gasteiger partial charge in [-0.2, -0.15) is 4.31 Å². The summed E-state index contributed by atoms with van der Waals surface area (Å²) >= 11 is 4.98. The molecule has 21 heavy (non-hydrogen) atoms. The molecule has 1 aliphatic rings. The number of benzene rings is 1. The fourth-order valence-electron chi connectivity index (χ4n) is 2.59. The van der Waals surface area contributed by atoms with E-state index in [-0.39, 0.29) is 22.9 Å². The monoisotopic (exact) mass is 328 g/mol. The molecule has 0 bridgehead atoms. The van der Waals surface area contributed by atoms with Crippen molar-refractivity contribution >= 4 is 27.2 Å². The minimum absolute atomic E-state index is 0.0874. The molecule has 1 saturated heterocycles. The smallest absolute Gasteiger partial charge is 0.218 e. The number of rotatable bonds is 5. The number of hydrogen-bond acceptors (Lipinski definition) is 4. The van der Waals surface area contributed by atoms with E-state index in [1.54, 1.807) is 31.3 Å². The molecule has 0 aliphatic carbocycles. The fraction of sp³-hybridized carbons (Fsp3) is 0.500. The Bertz CT molecular complexity index is 631. The molecule has 0 spiro atoms. The highest BCUT2D eigenvalue weighted by Crippen LogP contribution is 2.23. The minimum Gasteiger partial charge on any atom is -0.389 e. The van der Waals surface area contributed by atoms with E-state index in [0.29, 0.717) is 24.2 Å². The van der Waals surface area contributed by atoms with Gasteiger partial charge in [0.05, 0.1) is 17.9 Å². The average Bonchev–Trinajstić information content (AvgIpc) is 2.84. The van der Waals surface area contributed by atoms with Crippen LogP contribution in [0, 0.1) is 0 Å². The second kappa shape index (κ2) is 6.39. The molecule has 5 nitrogen and oxygen atoms in total. The fourth-order valence-corrected chi connectivity index (χ4v) is 4.33. The molecule has 2 rings (SSSR count). The van der Waals surface area contributed by atoms with E-state index < -0.39 is 10.0 Å². The van der Waals surface area contributed by atoms with Gasteiger partial charge in [-0.05, 0) is 18.9 Å². The first kappa shape index (κ1) is 16.4. The Kier molecular flexibility index (Phi) is 4.98. The third-order valence-corrected chi connectivity index (χ3v) is 5.91. The number of likely N-dealkylation sites (N-methyl/N-ethyl adjacent to an activating group) is 1. The van der Waals surface area contributed by atoms with Gasteiger partial charge >= 0.3 is 0 Å². The van der Waals surface area contributed by atoms with Crippen LogP contribution in [0.2, 0.25) is 0 Å². The summed E-state index contributed by atoms with van der Waals surface area (Å²) in [4.78, 5) is 0.209. The Morgan fingerprint density at radius 1 is 1.48 bits per heavy atom. The van der Waals surface area contributed by atoms with Crippen LogP contribution in [-0.2, 0) is 20.5 Å². The van der Waals surface area contributed by atoms with E-state index in [4.69, 9.17) is 22.7 Å². The highest BCUT2D eigenvalue weighted by molar-refractivity contribution is 7.88. The molecule has 1 fully saturated rings. The van der Waals surface area contributed by atoms with Crippen LogP contribution in [0.1, 0.15) is 24.5 Å². The molecule has 116 valence electrons. The Morgan fingerprint density at radius 2 is 2.14 bits per heavy atom. The first-order valence-corrected chi connectivity index (χ1v) is 8.79. The van der Waals surface area contributed by atoms with Crippen molar-refractivity contribution in [2.75, 3.05) is 13.7 Å². The Morgan fingerprint density at radius 3 is 2.71 bits per heavy atom. The zero-order valence-electron chi connectivity index (χ0n) is 12.2. The molecule has 7 heteroatoms. The van der Waals surface area contributed by atoms with Gasteiger partial charge in [0.2, 0.25) is 10.0 Å². The van der Waals surface area contributed by atoms with E-state index in [1.807, 2.05) is 6.92 Å². The third-order valence-electron chi connectivity index (χ3n) is 3.86. The third kappa shape index (κ3) is 3.60. The molecule has 2 unspecified atom stereocenters. The number of thiocarbonyl (C=S) groups is 1. The van der Waals surface area contributed by atoms with Gasteiger partial charge in [-0.3, -0.25) is 0 Å². The topological polar surface area (TPSA) is 72.6 Å². The molecule has 0 aromatic heterocycles. The van der Waals surface area contributed by atoms with Gasteiger partial charge in [-0.1, -0.05) is 36.5 Å². The number of nitrogens with zero attached hydrogens (tertiary/aromatic N) is 1. The second-order valence-corrected chi connectivity index (χ2v) is 7.69. The van der Waals surface area contributed by atoms with Crippen molar-refractivity contribution in [1.29, 1.82) is 0 Å². The first-order chi connectivity index (χ1) is 9.83. The zero-order chi connectivity index (χ0) is 15.6. The van der Waals surface area contributed by atoms with E-state index in [1.165, 1.54) is 4.31 Å². The molecule has 2 N–H and O–H groups in total. The summed E-state index contributed by atoms with van der Waals surface area (Å²) in [5, 5.41) is 0. The minimum atomic E-state index is -3.45. The lowest BCUT2D eigenvalue weighted by atomic mass is 10.1. The molecule has 1 aromatic rings. The molecule has 0 radical (unpaired) electrons.